The summed E-state index contributed by atoms with van der Waals surface area (Å²) in [6.07, 6.45) is 5.00. The Hall–Kier alpha value is -1.20. The molecule has 3 N–H and O–H groups in total. The van der Waals surface area contributed by atoms with E-state index in [4.69, 9.17) is 10.8 Å². The number of hydrazine groups is 1. The smallest absolute Gasteiger partial charge is 0.143 e. The lowest BCUT2D eigenvalue weighted by Gasteiger charge is -2.35. The summed E-state index contributed by atoms with van der Waals surface area (Å²) in [7, 11) is 2.26. The van der Waals surface area contributed by atoms with Crippen molar-refractivity contribution in [1.82, 2.24) is 14.9 Å². The van der Waals surface area contributed by atoms with E-state index < -0.39 is 0 Å². The quantitative estimate of drug-likeness (QED) is 0.654. The van der Waals surface area contributed by atoms with Gasteiger partial charge in [0.1, 0.15) is 11.6 Å². The van der Waals surface area contributed by atoms with Gasteiger partial charge in [-0.3, -0.25) is 0 Å². The molecule has 2 atom stereocenters. The third kappa shape index (κ3) is 2.40. The van der Waals surface area contributed by atoms with Crippen LogP contribution in [0.4, 0.5) is 5.82 Å². The first-order valence-corrected chi connectivity index (χ1v) is 7.66. The van der Waals surface area contributed by atoms with E-state index >= 15 is 0 Å². The number of anilines is 1. The normalized spacial score (nSPS) is 29.9. The third-order valence-electron chi connectivity index (χ3n) is 4.97. The average Bonchev–Trinajstić information content (AvgIpc) is 2.68. The van der Waals surface area contributed by atoms with Crippen LogP contribution < -0.4 is 11.3 Å². The monoisotopic (exact) mass is 275 g/mol. The minimum Gasteiger partial charge on any atom is -0.308 e. The highest BCUT2D eigenvalue weighted by Crippen LogP contribution is 2.41. The number of hydrogen-bond donors (Lipinski definition) is 2. The van der Waals surface area contributed by atoms with Crippen LogP contribution >= 0.6 is 0 Å². The van der Waals surface area contributed by atoms with Gasteiger partial charge in [-0.25, -0.2) is 15.8 Å². The highest BCUT2D eigenvalue weighted by atomic mass is 15.3. The van der Waals surface area contributed by atoms with Crippen molar-refractivity contribution in [2.24, 2.45) is 5.84 Å². The molecule has 2 aliphatic rings. The topological polar surface area (TPSA) is 67.1 Å². The molecule has 0 radical (unpaired) electrons. The molecule has 5 nitrogen and oxygen atoms in total. The average molecular weight is 275 g/mol. The van der Waals surface area contributed by atoms with Crippen molar-refractivity contribution in [3.8, 4) is 0 Å². The molecule has 110 valence electrons. The van der Waals surface area contributed by atoms with Crippen LogP contribution in [-0.2, 0) is 0 Å². The Labute approximate surface area is 120 Å². The van der Waals surface area contributed by atoms with Gasteiger partial charge >= 0.3 is 0 Å². The van der Waals surface area contributed by atoms with E-state index in [0.29, 0.717) is 23.9 Å². The van der Waals surface area contributed by atoms with E-state index in [0.717, 1.165) is 17.3 Å². The van der Waals surface area contributed by atoms with Crippen molar-refractivity contribution >= 4 is 5.82 Å². The Bertz CT molecular complexity index is 473. The second kappa shape index (κ2) is 5.30. The van der Waals surface area contributed by atoms with E-state index in [2.05, 4.69) is 36.2 Å². The van der Waals surface area contributed by atoms with Gasteiger partial charge < -0.3 is 10.3 Å². The summed E-state index contributed by atoms with van der Waals surface area (Å²) in [5.74, 6) is 8.16. The number of hydrogen-bond acceptors (Lipinski definition) is 5. The number of nitrogen functional groups attached to an aromatic ring is 1. The predicted octanol–water partition coefficient (Wildman–Crippen LogP) is 2.23. The third-order valence-corrected chi connectivity index (χ3v) is 4.97. The minimum atomic E-state index is 0.395. The lowest BCUT2D eigenvalue weighted by atomic mass is 9.90. The molecule has 2 aliphatic heterocycles. The number of fused-ring (bicyclic) bond motifs is 2. The molecule has 0 aromatic carbocycles. The molecule has 5 heteroatoms. The van der Waals surface area contributed by atoms with Gasteiger partial charge in [-0.15, -0.1) is 0 Å². The fraction of sp³-hybridized carbons (Fsp3) is 0.733. The van der Waals surface area contributed by atoms with Crippen LogP contribution in [0.3, 0.4) is 0 Å². The summed E-state index contributed by atoms with van der Waals surface area (Å²) < 4.78 is 0. The highest BCUT2D eigenvalue weighted by Gasteiger charge is 2.39. The van der Waals surface area contributed by atoms with E-state index in [1.807, 2.05) is 6.07 Å². The molecule has 0 aliphatic carbocycles. The van der Waals surface area contributed by atoms with Crippen molar-refractivity contribution in [1.29, 1.82) is 0 Å². The number of nitrogens with zero attached hydrogens (tertiary/aromatic N) is 3. The second-order valence-electron chi connectivity index (χ2n) is 6.55. The molecule has 2 fully saturated rings. The van der Waals surface area contributed by atoms with E-state index in [1.165, 1.54) is 25.7 Å². The zero-order valence-electron chi connectivity index (χ0n) is 12.6. The van der Waals surface area contributed by atoms with Crippen LogP contribution in [0.15, 0.2) is 6.07 Å². The molecule has 0 saturated carbocycles. The van der Waals surface area contributed by atoms with Gasteiger partial charge in [0.15, 0.2) is 0 Å². The van der Waals surface area contributed by atoms with Crippen LogP contribution in [0, 0.1) is 0 Å². The van der Waals surface area contributed by atoms with Crippen molar-refractivity contribution in [3.05, 3.63) is 17.6 Å². The lowest BCUT2D eigenvalue weighted by molar-refractivity contribution is 0.159. The molecule has 0 amide bonds. The zero-order valence-corrected chi connectivity index (χ0v) is 12.6. The van der Waals surface area contributed by atoms with Crippen molar-refractivity contribution in [2.45, 2.75) is 63.5 Å². The number of nitrogens with two attached hydrogens (primary N) is 1. The fourth-order valence-corrected chi connectivity index (χ4v) is 3.66. The molecule has 20 heavy (non-hydrogen) atoms. The standard InChI is InChI=1S/C15H25N5/c1-9(2)13-8-14(19-16)18-15(17-13)10-6-11-4-5-12(7-10)20(11)3/h8-12H,4-7,16H2,1-3H3,(H,17,18,19). The summed E-state index contributed by atoms with van der Waals surface area (Å²) in [6.45, 7) is 4.31. The number of nitrogens with one attached hydrogen (secondary N) is 1. The number of rotatable bonds is 3. The summed E-state index contributed by atoms with van der Waals surface area (Å²) in [5, 5.41) is 0. The van der Waals surface area contributed by atoms with E-state index in [-0.39, 0.29) is 0 Å². The predicted molar refractivity (Wildman–Crippen MR) is 80.5 cm³/mol. The maximum absolute atomic E-state index is 5.56. The van der Waals surface area contributed by atoms with Crippen molar-refractivity contribution in [3.63, 3.8) is 0 Å². The van der Waals surface area contributed by atoms with Gasteiger partial charge in [0, 0.05) is 29.8 Å². The number of piperidine rings is 1. The minimum absolute atomic E-state index is 0.395. The van der Waals surface area contributed by atoms with Crippen molar-refractivity contribution < 1.29 is 0 Å². The summed E-state index contributed by atoms with van der Waals surface area (Å²) >= 11 is 0. The SMILES string of the molecule is CC(C)c1cc(NN)nc(C2CC3CCC(C2)N3C)n1. The maximum Gasteiger partial charge on any atom is 0.143 e. The first-order valence-electron chi connectivity index (χ1n) is 7.66. The van der Waals surface area contributed by atoms with Gasteiger partial charge in [-0.1, -0.05) is 13.8 Å². The summed E-state index contributed by atoms with van der Waals surface area (Å²) in [6, 6.07) is 3.37. The molecule has 2 saturated heterocycles. The fourth-order valence-electron chi connectivity index (χ4n) is 3.66. The molecule has 1 aromatic heterocycles. The van der Waals surface area contributed by atoms with Gasteiger partial charge in [0.2, 0.25) is 0 Å². The van der Waals surface area contributed by atoms with Crippen molar-refractivity contribution in [2.75, 3.05) is 12.5 Å². The van der Waals surface area contributed by atoms with Crippen LogP contribution in [0.2, 0.25) is 0 Å². The number of aromatic nitrogens is 2. The highest BCUT2D eigenvalue weighted by molar-refractivity contribution is 5.36. The molecule has 0 spiro atoms. The Morgan fingerprint density at radius 1 is 1.25 bits per heavy atom. The summed E-state index contributed by atoms with van der Waals surface area (Å²) in [4.78, 5) is 12.0. The van der Waals surface area contributed by atoms with Crippen LogP contribution in [0.25, 0.3) is 0 Å². The van der Waals surface area contributed by atoms with Crippen LogP contribution in [0.5, 0.6) is 0 Å². The van der Waals surface area contributed by atoms with Crippen LogP contribution in [0.1, 0.15) is 62.9 Å². The molecule has 3 heterocycles. The molecule has 3 rings (SSSR count). The molecule has 2 unspecified atom stereocenters. The Morgan fingerprint density at radius 2 is 1.90 bits per heavy atom. The van der Waals surface area contributed by atoms with Crippen LogP contribution in [-0.4, -0.2) is 34.0 Å². The maximum atomic E-state index is 5.56. The van der Waals surface area contributed by atoms with Gasteiger partial charge in [-0.05, 0) is 38.6 Å². The molecular weight excluding hydrogens is 250 g/mol. The molecular formula is C15H25N5. The first kappa shape index (κ1) is 13.8. The van der Waals surface area contributed by atoms with Gasteiger partial charge in [-0.2, -0.15) is 0 Å². The summed E-state index contributed by atoms with van der Waals surface area (Å²) in [5.41, 5.74) is 3.77. The largest absolute Gasteiger partial charge is 0.308 e. The zero-order chi connectivity index (χ0) is 14.3. The first-order chi connectivity index (χ1) is 9.58. The lowest BCUT2D eigenvalue weighted by Crippen LogP contribution is -2.39. The second-order valence-corrected chi connectivity index (χ2v) is 6.55. The van der Waals surface area contributed by atoms with E-state index in [9.17, 15) is 0 Å². The molecule has 1 aromatic rings. The Balaban J connectivity index is 1.88. The van der Waals surface area contributed by atoms with Gasteiger partial charge in [0.25, 0.3) is 0 Å². The Kier molecular flexibility index (Phi) is 3.65. The van der Waals surface area contributed by atoms with Gasteiger partial charge in [0.05, 0.1) is 0 Å². The molecule has 2 bridgehead atoms. The van der Waals surface area contributed by atoms with E-state index in [1.54, 1.807) is 0 Å². The Morgan fingerprint density at radius 3 is 2.45 bits per heavy atom.